The molecule has 0 aliphatic carbocycles. The Hall–Kier alpha value is -2.00. The molecule has 1 aliphatic rings. The van der Waals surface area contributed by atoms with Crippen molar-refractivity contribution in [3.8, 4) is 0 Å². The second-order valence-corrected chi connectivity index (χ2v) is 6.13. The van der Waals surface area contributed by atoms with Gasteiger partial charge >= 0.3 is 0 Å². The fourth-order valence-electron chi connectivity index (χ4n) is 3.07. The van der Waals surface area contributed by atoms with Gasteiger partial charge in [0.15, 0.2) is 5.78 Å². The minimum Gasteiger partial charge on any atom is -0.367 e. The summed E-state index contributed by atoms with van der Waals surface area (Å²) >= 11 is 6.30. The maximum atomic E-state index is 12.2. The highest BCUT2D eigenvalue weighted by Crippen LogP contribution is 2.28. The smallest absolute Gasteiger partial charge is 0.164 e. The molecule has 0 bridgehead atoms. The number of benzene rings is 2. The van der Waals surface area contributed by atoms with E-state index >= 15 is 0 Å². The third kappa shape index (κ3) is 3.35. The summed E-state index contributed by atoms with van der Waals surface area (Å²) in [6.07, 6.45) is 0.538. The van der Waals surface area contributed by atoms with Crippen LogP contribution >= 0.6 is 11.6 Å². The van der Waals surface area contributed by atoms with Crippen LogP contribution in [0.4, 0.5) is 11.4 Å². The Morgan fingerprint density at radius 2 is 1.43 bits per heavy atom. The molecule has 0 saturated carbocycles. The molecule has 4 heteroatoms. The van der Waals surface area contributed by atoms with Crippen molar-refractivity contribution in [2.45, 2.75) is 13.3 Å². The SMILES string of the molecule is CCC(=O)c1ccccc1N1CCN(c2ccccc2Cl)CC1. The van der Waals surface area contributed by atoms with Gasteiger partial charge in [0.1, 0.15) is 0 Å². The predicted molar refractivity (Wildman–Crippen MR) is 96.9 cm³/mol. The molecule has 0 unspecified atom stereocenters. The summed E-state index contributed by atoms with van der Waals surface area (Å²) in [5.74, 6) is 0.203. The van der Waals surface area contributed by atoms with Gasteiger partial charge in [0.25, 0.3) is 0 Å². The Balaban J connectivity index is 1.75. The molecule has 0 amide bonds. The molecule has 2 aromatic rings. The van der Waals surface area contributed by atoms with Crippen LogP contribution < -0.4 is 9.80 Å². The number of ketones is 1. The van der Waals surface area contributed by atoms with Crippen LogP contribution in [0, 0.1) is 0 Å². The average Bonchev–Trinajstić information content (AvgIpc) is 2.62. The molecule has 0 radical (unpaired) electrons. The number of anilines is 2. The van der Waals surface area contributed by atoms with Gasteiger partial charge < -0.3 is 9.80 Å². The van der Waals surface area contributed by atoms with Gasteiger partial charge in [-0.15, -0.1) is 0 Å². The van der Waals surface area contributed by atoms with E-state index in [2.05, 4.69) is 15.9 Å². The molecular formula is C19H21ClN2O. The third-order valence-corrected chi connectivity index (χ3v) is 4.66. The molecule has 3 rings (SSSR count). The number of rotatable bonds is 4. The van der Waals surface area contributed by atoms with Crippen LogP contribution in [-0.4, -0.2) is 32.0 Å². The Kier molecular flexibility index (Phi) is 4.87. The molecule has 1 fully saturated rings. The molecule has 1 saturated heterocycles. The number of hydrogen-bond donors (Lipinski definition) is 0. The zero-order valence-electron chi connectivity index (χ0n) is 13.3. The normalized spacial score (nSPS) is 14.9. The minimum absolute atomic E-state index is 0.203. The standard InChI is InChI=1S/C19H21ClN2O/c1-2-19(23)15-7-3-5-9-17(15)21-11-13-22(14-12-21)18-10-6-4-8-16(18)20/h3-10H,2,11-14H2,1H3. The fraction of sp³-hybridized carbons (Fsp3) is 0.316. The van der Waals surface area contributed by atoms with E-state index in [1.807, 2.05) is 49.4 Å². The predicted octanol–water partition coefficient (Wildman–Crippen LogP) is 4.26. The van der Waals surface area contributed by atoms with E-state index in [4.69, 9.17) is 11.6 Å². The number of carbonyl (C=O) groups is 1. The van der Waals surface area contributed by atoms with Crippen molar-refractivity contribution in [3.63, 3.8) is 0 Å². The quantitative estimate of drug-likeness (QED) is 0.783. The van der Waals surface area contributed by atoms with Gasteiger partial charge in [0.2, 0.25) is 0 Å². The van der Waals surface area contributed by atoms with Crippen LogP contribution in [0.2, 0.25) is 5.02 Å². The molecule has 1 aliphatic heterocycles. The maximum Gasteiger partial charge on any atom is 0.164 e. The lowest BCUT2D eigenvalue weighted by Gasteiger charge is -2.38. The summed E-state index contributed by atoms with van der Waals surface area (Å²) in [7, 11) is 0. The van der Waals surface area contributed by atoms with E-state index in [0.29, 0.717) is 6.42 Å². The number of nitrogens with zero attached hydrogens (tertiary/aromatic N) is 2. The number of para-hydroxylation sites is 2. The number of Topliss-reactive ketones (excluding diaryl/α,β-unsaturated/α-hetero) is 1. The molecule has 0 aromatic heterocycles. The van der Waals surface area contributed by atoms with Gasteiger partial charge in [-0.2, -0.15) is 0 Å². The van der Waals surface area contributed by atoms with E-state index in [1.165, 1.54) is 0 Å². The zero-order valence-corrected chi connectivity index (χ0v) is 14.1. The van der Waals surface area contributed by atoms with Crippen molar-refractivity contribution in [1.82, 2.24) is 0 Å². The Morgan fingerprint density at radius 1 is 0.913 bits per heavy atom. The van der Waals surface area contributed by atoms with E-state index in [0.717, 1.165) is 48.1 Å². The first kappa shape index (κ1) is 15.9. The summed E-state index contributed by atoms with van der Waals surface area (Å²) < 4.78 is 0. The maximum absolute atomic E-state index is 12.2. The Labute approximate surface area is 142 Å². The highest BCUT2D eigenvalue weighted by molar-refractivity contribution is 6.33. The molecule has 0 N–H and O–H groups in total. The van der Waals surface area contributed by atoms with Crippen molar-refractivity contribution in [2.24, 2.45) is 0 Å². The van der Waals surface area contributed by atoms with Crippen LogP contribution in [-0.2, 0) is 0 Å². The van der Waals surface area contributed by atoms with Gasteiger partial charge in [-0.05, 0) is 24.3 Å². The fourth-order valence-corrected chi connectivity index (χ4v) is 3.33. The van der Waals surface area contributed by atoms with Gasteiger partial charge in [-0.25, -0.2) is 0 Å². The summed E-state index contributed by atoms with van der Waals surface area (Å²) in [5.41, 5.74) is 2.98. The summed E-state index contributed by atoms with van der Waals surface area (Å²) in [4.78, 5) is 16.8. The summed E-state index contributed by atoms with van der Waals surface area (Å²) in [5, 5.41) is 0.794. The molecule has 0 atom stereocenters. The van der Waals surface area contributed by atoms with Gasteiger partial charge in [0, 0.05) is 43.9 Å². The van der Waals surface area contributed by atoms with Gasteiger partial charge in [-0.1, -0.05) is 42.8 Å². The first-order chi connectivity index (χ1) is 11.2. The topological polar surface area (TPSA) is 23.6 Å². The minimum atomic E-state index is 0.203. The first-order valence-electron chi connectivity index (χ1n) is 8.07. The van der Waals surface area contributed by atoms with Crippen molar-refractivity contribution < 1.29 is 4.79 Å². The lowest BCUT2D eigenvalue weighted by molar-refractivity contribution is 0.0988. The number of piperazine rings is 1. The van der Waals surface area contributed by atoms with Crippen LogP contribution in [0.3, 0.4) is 0 Å². The van der Waals surface area contributed by atoms with Crippen molar-refractivity contribution >= 4 is 28.8 Å². The monoisotopic (exact) mass is 328 g/mol. The van der Waals surface area contributed by atoms with Crippen LogP contribution in [0.5, 0.6) is 0 Å². The van der Waals surface area contributed by atoms with Crippen LogP contribution in [0.15, 0.2) is 48.5 Å². The Morgan fingerprint density at radius 3 is 2.04 bits per heavy atom. The van der Waals surface area contributed by atoms with Gasteiger partial charge in [-0.3, -0.25) is 4.79 Å². The molecule has 23 heavy (non-hydrogen) atoms. The van der Waals surface area contributed by atoms with Crippen LogP contribution in [0.25, 0.3) is 0 Å². The van der Waals surface area contributed by atoms with Crippen molar-refractivity contribution in [1.29, 1.82) is 0 Å². The second-order valence-electron chi connectivity index (χ2n) is 5.72. The molecule has 120 valence electrons. The highest BCUT2D eigenvalue weighted by Gasteiger charge is 2.21. The van der Waals surface area contributed by atoms with E-state index < -0.39 is 0 Å². The van der Waals surface area contributed by atoms with Crippen molar-refractivity contribution in [3.05, 3.63) is 59.1 Å². The largest absolute Gasteiger partial charge is 0.367 e. The molecule has 1 heterocycles. The third-order valence-electron chi connectivity index (χ3n) is 4.34. The van der Waals surface area contributed by atoms with Crippen molar-refractivity contribution in [2.75, 3.05) is 36.0 Å². The highest BCUT2D eigenvalue weighted by atomic mass is 35.5. The molecule has 3 nitrogen and oxygen atoms in total. The van der Waals surface area contributed by atoms with E-state index in [1.54, 1.807) is 0 Å². The summed E-state index contributed by atoms with van der Waals surface area (Å²) in [6.45, 7) is 5.49. The number of carbonyl (C=O) groups excluding carboxylic acids is 1. The molecular weight excluding hydrogens is 308 g/mol. The average molecular weight is 329 g/mol. The molecule has 0 spiro atoms. The number of hydrogen-bond acceptors (Lipinski definition) is 3. The summed E-state index contributed by atoms with van der Waals surface area (Å²) in [6, 6.07) is 15.9. The Bertz CT molecular complexity index is 693. The van der Waals surface area contributed by atoms with E-state index in [-0.39, 0.29) is 5.78 Å². The zero-order chi connectivity index (χ0) is 16.2. The molecule has 2 aromatic carbocycles. The van der Waals surface area contributed by atoms with E-state index in [9.17, 15) is 4.79 Å². The second kappa shape index (κ2) is 7.05. The first-order valence-corrected chi connectivity index (χ1v) is 8.45. The number of halogens is 1. The lowest BCUT2D eigenvalue weighted by Crippen LogP contribution is -2.47. The lowest BCUT2D eigenvalue weighted by atomic mass is 10.0. The van der Waals surface area contributed by atoms with Crippen LogP contribution in [0.1, 0.15) is 23.7 Å². The van der Waals surface area contributed by atoms with Gasteiger partial charge in [0.05, 0.1) is 10.7 Å².